The number of nitrogens with zero attached hydrogens (tertiary/aromatic N) is 2. The lowest BCUT2D eigenvalue weighted by Crippen LogP contribution is -2.06. The van der Waals surface area contributed by atoms with Gasteiger partial charge in [0.1, 0.15) is 11.6 Å². The highest BCUT2D eigenvalue weighted by atomic mass is 16.4. The summed E-state index contributed by atoms with van der Waals surface area (Å²) in [6.45, 7) is 5.68. The summed E-state index contributed by atoms with van der Waals surface area (Å²) < 4.78 is 0. The van der Waals surface area contributed by atoms with Crippen molar-refractivity contribution in [3.63, 3.8) is 0 Å². The van der Waals surface area contributed by atoms with Crippen molar-refractivity contribution < 1.29 is 9.90 Å². The molecule has 0 spiro atoms. The van der Waals surface area contributed by atoms with Gasteiger partial charge in [-0.3, -0.25) is 0 Å². The molecule has 0 atom stereocenters. The zero-order chi connectivity index (χ0) is 14.0. The number of carbonyl (C=O) groups is 1. The molecule has 0 radical (unpaired) electrons. The molecule has 1 aromatic heterocycles. The minimum absolute atomic E-state index is 0.0141. The van der Waals surface area contributed by atoms with E-state index in [0.717, 1.165) is 11.3 Å². The van der Waals surface area contributed by atoms with Gasteiger partial charge in [0.05, 0.1) is 0 Å². The van der Waals surface area contributed by atoms with Crippen molar-refractivity contribution in [3.8, 4) is 0 Å². The molecule has 0 aliphatic heterocycles. The van der Waals surface area contributed by atoms with E-state index < -0.39 is 5.97 Å². The van der Waals surface area contributed by atoms with Crippen molar-refractivity contribution in [2.45, 2.75) is 20.8 Å². The van der Waals surface area contributed by atoms with Crippen molar-refractivity contribution in [1.29, 1.82) is 0 Å². The van der Waals surface area contributed by atoms with Crippen LogP contribution in [0.25, 0.3) is 0 Å². The van der Waals surface area contributed by atoms with E-state index in [4.69, 9.17) is 5.11 Å². The van der Waals surface area contributed by atoms with Crippen LogP contribution in [-0.2, 0) is 0 Å². The first-order valence-corrected chi connectivity index (χ1v) is 5.89. The van der Waals surface area contributed by atoms with E-state index in [9.17, 15) is 4.79 Å². The monoisotopic (exact) mass is 257 g/mol. The predicted octanol–water partition coefficient (Wildman–Crippen LogP) is 2.84. The summed E-state index contributed by atoms with van der Waals surface area (Å²) in [6, 6.07) is 7.41. The van der Waals surface area contributed by atoms with E-state index >= 15 is 0 Å². The summed E-state index contributed by atoms with van der Waals surface area (Å²) in [4.78, 5) is 19.0. The molecule has 19 heavy (non-hydrogen) atoms. The highest BCUT2D eigenvalue weighted by Gasteiger charge is 2.09. The average Bonchev–Trinajstić information content (AvgIpc) is 2.32. The van der Waals surface area contributed by atoms with Crippen molar-refractivity contribution in [2.24, 2.45) is 0 Å². The number of benzene rings is 1. The zero-order valence-corrected chi connectivity index (χ0v) is 11.1. The van der Waals surface area contributed by atoms with Crippen LogP contribution in [0.4, 0.5) is 11.5 Å². The van der Waals surface area contributed by atoms with Gasteiger partial charge in [0.15, 0.2) is 5.69 Å². The molecule has 0 aliphatic rings. The number of anilines is 2. The Morgan fingerprint density at radius 2 is 1.89 bits per heavy atom. The van der Waals surface area contributed by atoms with Crippen molar-refractivity contribution in [2.75, 3.05) is 5.32 Å². The summed E-state index contributed by atoms with van der Waals surface area (Å²) >= 11 is 0. The van der Waals surface area contributed by atoms with Crippen molar-refractivity contribution in [1.82, 2.24) is 9.97 Å². The predicted molar refractivity (Wildman–Crippen MR) is 72.9 cm³/mol. The Bertz CT molecular complexity index is 639. The van der Waals surface area contributed by atoms with E-state index in [2.05, 4.69) is 21.4 Å². The van der Waals surface area contributed by atoms with Crippen LogP contribution in [0.15, 0.2) is 24.3 Å². The van der Waals surface area contributed by atoms with Gasteiger partial charge in [-0.15, -0.1) is 0 Å². The van der Waals surface area contributed by atoms with Gasteiger partial charge in [-0.2, -0.15) is 0 Å². The Morgan fingerprint density at radius 1 is 1.16 bits per heavy atom. The molecule has 98 valence electrons. The lowest BCUT2D eigenvalue weighted by Gasteiger charge is -2.10. The molecular formula is C14H15N3O2. The van der Waals surface area contributed by atoms with Gasteiger partial charge in [0.25, 0.3) is 0 Å². The second-order valence-electron chi connectivity index (χ2n) is 4.43. The van der Waals surface area contributed by atoms with Crippen LogP contribution in [0.1, 0.15) is 27.4 Å². The maximum Gasteiger partial charge on any atom is 0.354 e. The van der Waals surface area contributed by atoms with Gasteiger partial charge in [0, 0.05) is 11.8 Å². The first-order valence-electron chi connectivity index (χ1n) is 5.89. The second-order valence-corrected chi connectivity index (χ2v) is 4.43. The quantitative estimate of drug-likeness (QED) is 0.884. The van der Waals surface area contributed by atoms with Gasteiger partial charge in [-0.1, -0.05) is 17.7 Å². The third-order valence-electron chi connectivity index (χ3n) is 2.70. The van der Waals surface area contributed by atoms with Crippen LogP contribution in [0.2, 0.25) is 0 Å². The molecule has 0 bridgehead atoms. The van der Waals surface area contributed by atoms with Crippen LogP contribution in [0.5, 0.6) is 0 Å². The fourth-order valence-corrected chi connectivity index (χ4v) is 1.83. The number of aromatic carboxylic acids is 1. The topological polar surface area (TPSA) is 75.1 Å². The van der Waals surface area contributed by atoms with Gasteiger partial charge in [-0.05, 0) is 32.4 Å². The van der Waals surface area contributed by atoms with Gasteiger partial charge >= 0.3 is 5.97 Å². The Morgan fingerprint density at radius 3 is 2.53 bits per heavy atom. The van der Waals surface area contributed by atoms with E-state index in [1.54, 1.807) is 6.92 Å². The molecule has 0 aliphatic carbocycles. The summed E-state index contributed by atoms with van der Waals surface area (Å²) in [5.41, 5.74) is 3.14. The number of aryl methyl sites for hydroxylation is 3. The fraction of sp³-hybridized carbons (Fsp3) is 0.214. The van der Waals surface area contributed by atoms with Gasteiger partial charge in [-0.25, -0.2) is 14.8 Å². The average molecular weight is 257 g/mol. The van der Waals surface area contributed by atoms with E-state index in [1.165, 1.54) is 11.6 Å². The van der Waals surface area contributed by atoms with E-state index in [1.807, 2.05) is 26.0 Å². The standard InChI is InChI=1S/C14H15N3O2/c1-8-4-5-11(9(2)6-8)17-13-7-12(14(18)19)15-10(3)16-13/h4-7H,1-3H3,(H,18,19)(H,15,16,17). The Hall–Kier alpha value is -2.43. The summed E-state index contributed by atoms with van der Waals surface area (Å²) in [5, 5.41) is 12.1. The number of hydrogen-bond donors (Lipinski definition) is 2. The number of carboxylic acid groups (broad SMARTS) is 1. The fourth-order valence-electron chi connectivity index (χ4n) is 1.83. The molecule has 0 saturated heterocycles. The van der Waals surface area contributed by atoms with Crippen molar-refractivity contribution >= 4 is 17.5 Å². The largest absolute Gasteiger partial charge is 0.477 e. The first kappa shape index (κ1) is 13.0. The van der Waals surface area contributed by atoms with Gasteiger partial charge in [0.2, 0.25) is 0 Å². The number of nitrogens with one attached hydrogen (secondary N) is 1. The smallest absolute Gasteiger partial charge is 0.354 e. The molecule has 0 fully saturated rings. The number of carboxylic acids is 1. The maximum absolute atomic E-state index is 11.0. The van der Waals surface area contributed by atoms with Crippen LogP contribution >= 0.6 is 0 Å². The molecule has 1 aromatic carbocycles. The van der Waals surface area contributed by atoms with Crippen LogP contribution < -0.4 is 5.32 Å². The molecule has 2 rings (SSSR count). The molecule has 5 nitrogen and oxygen atoms in total. The maximum atomic E-state index is 11.0. The molecule has 2 N–H and O–H groups in total. The second kappa shape index (κ2) is 5.06. The molecule has 0 saturated carbocycles. The Kier molecular flexibility index (Phi) is 3.46. The molecule has 5 heteroatoms. The summed E-state index contributed by atoms with van der Waals surface area (Å²) in [5.74, 6) is -0.154. The number of hydrogen-bond acceptors (Lipinski definition) is 4. The first-order chi connectivity index (χ1) is 8.95. The molecule has 1 heterocycles. The SMILES string of the molecule is Cc1ccc(Nc2cc(C(=O)O)nc(C)n2)c(C)c1. The van der Waals surface area contributed by atoms with E-state index in [0.29, 0.717) is 11.6 Å². The Balaban J connectivity index is 2.35. The number of rotatable bonds is 3. The van der Waals surface area contributed by atoms with Crippen molar-refractivity contribution in [3.05, 3.63) is 46.9 Å². The minimum atomic E-state index is -1.06. The number of aromatic nitrogens is 2. The lowest BCUT2D eigenvalue weighted by atomic mass is 10.1. The highest BCUT2D eigenvalue weighted by Crippen LogP contribution is 2.20. The lowest BCUT2D eigenvalue weighted by molar-refractivity contribution is 0.0690. The Labute approximate surface area is 111 Å². The van der Waals surface area contributed by atoms with Crippen LogP contribution in [0, 0.1) is 20.8 Å². The summed E-state index contributed by atoms with van der Waals surface area (Å²) in [6.07, 6.45) is 0. The molecule has 2 aromatic rings. The normalized spacial score (nSPS) is 10.3. The highest BCUT2D eigenvalue weighted by molar-refractivity contribution is 5.86. The molecule has 0 unspecified atom stereocenters. The minimum Gasteiger partial charge on any atom is -0.477 e. The summed E-state index contributed by atoms with van der Waals surface area (Å²) in [7, 11) is 0. The van der Waals surface area contributed by atoms with Crippen LogP contribution in [0.3, 0.4) is 0 Å². The zero-order valence-electron chi connectivity index (χ0n) is 11.1. The third-order valence-corrected chi connectivity index (χ3v) is 2.70. The van der Waals surface area contributed by atoms with E-state index in [-0.39, 0.29) is 5.69 Å². The third kappa shape index (κ3) is 3.07. The van der Waals surface area contributed by atoms with Gasteiger partial charge < -0.3 is 10.4 Å². The molecule has 0 amide bonds. The molecular weight excluding hydrogens is 242 g/mol. The van der Waals surface area contributed by atoms with Crippen LogP contribution in [-0.4, -0.2) is 21.0 Å².